The van der Waals surface area contributed by atoms with Crippen molar-refractivity contribution in [1.29, 1.82) is 0 Å². The molecule has 0 aliphatic carbocycles. The van der Waals surface area contributed by atoms with Crippen LogP contribution in [0, 0.1) is 12.8 Å². The van der Waals surface area contributed by atoms with E-state index in [9.17, 15) is 8.42 Å². The van der Waals surface area contributed by atoms with Crippen LogP contribution < -0.4 is 10.0 Å². The van der Waals surface area contributed by atoms with Gasteiger partial charge in [-0.25, -0.2) is 0 Å². The first-order valence-electron chi connectivity index (χ1n) is 7.00. The summed E-state index contributed by atoms with van der Waals surface area (Å²) in [5.41, 5.74) is 1.73. The number of hydrogen-bond acceptors (Lipinski definition) is 3. The van der Waals surface area contributed by atoms with E-state index < -0.39 is 10.2 Å². The first kappa shape index (κ1) is 15.3. The predicted molar refractivity (Wildman–Crippen MR) is 81.9 cm³/mol. The standard InChI is InChI=1S/C14H23N3O2S/c1-12-5-7-14(8-6-12)16-20(18,19)17-9-3-4-13(11-17)10-15-2/h5-8,13,15-16H,3-4,9-11H2,1-2H3. The summed E-state index contributed by atoms with van der Waals surface area (Å²) in [6, 6.07) is 7.39. The van der Waals surface area contributed by atoms with E-state index in [-0.39, 0.29) is 0 Å². The fourth-order valence-corrected chi connectivity index (χ4v) is 3.88. The summed E-state index contributed by atoms with van der Waals surface area (Å²) >= 11 is 0. The monoisotopic (exact) mass is 297 g/mol. The largest absolute Gasteiger partial charge is 0.319 e. The van der Waals surface area contributed by atoms with E-state index in [2.05, 4.69) is 10.0 Å². The van der Waals surface area contributed by atoms with Gasteiger partial charge >= 0.3 is 10.2 Å². The van der Waals surface area contributed by atoms with Crippen molar-refractivity contribution in [2.45, 2.75) is 19.8 Å². The quantitative estimate of drug-likeness (QED) is 0.867. The Morgan fingerprint density at radius 3 is 2.65 bits per heavy atom. The van der Waals surface area contributed by atoms with Crippen LogP contribution in [-0.2, 0) is 10.2 Å². The Balaban J connectivity index is 2.04. The molecule has 1 aliphatic heterocycles. The number of rotatable bonds is 5. The maximum absolute atomic E-state index is 12.4. The minimum atomic E-state index is -3.44. The maximum atomic E-state index is 12.4. The number of aryl methyl sites for hydroxylation is 1. The third kappa shape index (κ3) is 3.94. The van der Waals surface area contributed by atoms with Gasteiger partial charge in [0.1, 0.15) is 0 Å². The number of hydrogen-bond donors (Lipinski definition) is 2. The number of nitrogens with zero attached hydrogens (tertiary/aromatic N) is 1. The van der Waals surface area contributed by atoms with Gasteiger partial charge in [0.05, 0.1) is 0 Å². The number of anilines is 1. The molecule has 0 bridgehead atoms. The predicted octanol–water partition coefficient (Wildman–Crippen LogP) is 1.58. The Bertz CT molecular complexity index is 526. The number of benzene rings is 1. The van der Waals surface area contributed by atoms with Crippen molar-refractivity contribution in [3.05, 3.63) is 29.8 Å². The molecule has 1 aliphatic rings. The second kappa shape index (κ2) is 6.56. The van der Waals surface area contributed by atoms with Gasteiger partial charge in [0.25, 0.3) is 0 Å². The van der Waals surface area contributed by atoms with Crippen molar-refractivity contribution >= 4 is 15.9 Å². The van der Waals surface area contributed by atoms with E-state index in [1.807, 2.05) is 26.1 Å². The molecule has 1 heterocycles. The second-order valence-electron chi connectivity index (χ2n) is 5.40. The molecule has 2 N–H and O–H groups in total. The lowest BCUT2D eigenvalue weighted by Crippen LogP contribution is -2.44. The van der Waals surface area contributed by atoms with Crippen molar-refractivity contribution in [1.82, 2.24) is 9.62 Å². The Morgan fingerprint density at radius 2 is 2.00 bits per heavy atom. The molecule has 1 unspecified atom stereocenters. The van der Waals surface area contributed by atoms with Crippen LogP contribution in [0.2, 0.25) is 0 Å². The van der Waals surface area contributed by atoms with Crippen molar-refractivity contribution < 1.29 is 8.42 Å². The smallest absolute Gasteiger partial charge is 0.301 e. The van der Waals surface area contributed by atoms with E-state index in [1.165, 1.54) is 0 Å². The molecule has 1 aromatic rings. The molecule has 1 aromatic carbocycles. The highest BCUT2D eigenvalue weighted by Crippen LogP contribution is 2.20. The van der Waals surface area contributed by atoms with Crippen molar-refractivity contribution in [2.24, 2.45) is 5.92 Å². The topological polar surface area (TPSA) is 61.4 Å². The highest BCUT2D eigenvalue weighted by Gasteiger charge is 2.28. The Morgan fingerprint density at radius 1 is 1.30 bits per heavy atom. The average Bonchev–Trinajstić information content (AvgIpc) is 2.42. The Hall–Kier alpha value is -1.11. The van der Waals surface area contributed by atoms with E-state index in [1.54, 1.807) is 16.4 Å². The zero-order chi connectivity index (χ0) is 14.6. The third-order valence-electron chi connectivity index (χ3n) is 3.61. The molecule has 5 nitrogen and oxygen atoms in total. The van der Waals surface area contributed by atoms with Crippen molar-refractivity contribution in [3.8, 4) is 0 Å². The number of nitrogens with one attached hydrogen (secondary N) is 2. The van der Waals surface area contributed by atoms with E-state index in [4.69, 9.17) is 0 Å². The minimum absolute atomic E-state index is 0.392. The van der Waals surface area contributed by atoms with Gasteiger partial charge in [-0.2, -0.15) is 12.7 Å². The zero-order valence-electron chi connectivity index (χ0n) is 12.1. The summed E-state index contributed by atoms with van der Waals surface area (Å²) in [6.45, 7) is 4.02. The van der Waals surface area contributed by atoms with Gasteiger partial charge < -0.3 is 5.32 Å². The fraction of sp³-hybridized carbons (Fsp3) is 0.571. The molecule has 0 aromatic heterocycles. The van der Waals surface area contributed by atoms with Crippen molar-refractivity contribution in [2.75, 3.05) is 31.4 Å². The van der Waals surface area contributed by atoms with Crippen molar-refractivity contribution in [3.63, 3.8) is 0 Å². The molecule has 0 spiro atoms. The lowest BCUT2D eigenvalue weighted by Gasteiger charge is -2.31. The first-order chi connectivity index (χ1) is 9.51. The summed E-state index contributed by atoms with van der Waals surface area (Å²) in [5, 5.41) is 3.12. The zero-order valence-corrected chi connectivity index (χ0v) is 12.9. The number of piperidine rings is 1. The SMILES string of the molecule is CNCC1CCCN(S(=O)(=O)Nc2ccc(C)cc2)C1. The van der Waals surface area contributed by atoms with Crippen LogP contribution >= 0.6 is 0 Å². The summed E-state index contributed by atoms with van der Waals surface area (Å²) < 4.78 is 29.0. The van der Waals surface area contributed by atoms with E-state index in [0.29, 0.717) is 24.7 Å². The second-order valence-corrected chi connectivity index (χ2v) is 7.07. The molecule has 0 radical (unpaired) electrons. The summed E-state index contributed by atoms with van der Waals surface area (Å²) in [5.74, 6) is 0.392. The molecule has 1 saturated heterocycles. The molecule has 1 atom stereocenters. The third-order valence-corrected chi connectivity index (χ3v) is 5.12. The van der Waals surface area contributed by atoms with Gasteiger partial charge in [0.2, 0.25) is 0 Å². The molecule has 6 heteroatoms. The van der Waals surface area contributed by atoms with Gasteiger partial charge in [0.15, 0.2) is 0 Å². The highest BCUT2D eigenvalue weighted by molar-refractivity contribution is 7.90. The summed E-state index contributed by atoms with van der Waals surface area (Å²) in [4.78, 5) is 0. The van der Waals surface area contributed by atoms with E-state index in [0.717, 1.165) is 24.9 Å². The molecule has 20 heavy (non-hydrogen) atoms. The molecule has 1 fully saturated rings. The lowest BCUT2D eigenvalue weighted by molar-refractivity contribution is 0.264. The van der Waals surface area contributed by atoms with Gasteiger partial charge in [0, 0.05) is 18.8 Å². The average molecular weight is 297 g/mol. The summed E-state index contributed by atoms with van der Waals surface area (Å²) in [7, 11) is -1.54. The maximum Gasteiger partial charge on any atom is 0.301 e. The molecular formula is C14H23N3O2S. The normalized spacial score (nSPS) is 20.8. The highest BCUT2D eigenvalue weighted by atomic mass is 32.2. The first-order valence-corrected chi connectivity index (χ1v) is 8.44. The van der Waals surface area contributed by atoms with Crippen LogP contribution in [0.5, 0.6) is 0 Å². The molecular weight excluding hydrogens is 274 g/mol. The van der Waals surface area contributed by atoms with Gasteiger partial charge in [-0.15, -0.1) is 0 Å². The van der Waals surface area contributed by atoms with Crippen LogP contribution in [0.3, 0.4) is 0 Å². The van der Waals surface area contributed by atoms with Gasteiger partial charge in [-0.05, 0) is 51.4 Å². The Kier molecular flexibility index (Phi) is 5.01. The van der Waals surface area contributed by atoms with Crippen LogP contribution in [0.1, 0.15) is 18.4 Å². The van der Waals surface area contributed by atoms with Gasteiger partial charge in [-0.1, -0.05) is 17.7 Å². The van der Waals surface area contributed by atoms with Crippen LogP contribution in [-0.4, -0.2) is 39.4 Å². The van der Waals surface area contributed by atoms with Gasteiger partial charge in [-0.3, -0.25) is 4.72 Å². The molecule has 0 saturated carbocycles. The van der Waals surface area contributed by atoms with Crippen LogP contribution in [0.15, 0.2) is 24.3 Å². The summed E-state index contributed by atoms with van der Waals surface area (Å²) in [6.07, 6.45) is 2.00. The van der Waals surface area contributed by atoms with Crippen LogP contribution in [0.25, 0.3) is 0 Å². The fourth-order valence-electron chi connectivity index (χ4n) is 2.54. The molecule has 112 valence electrons. The Labute approximate surface area is 121 Å². The minimum Gasteiger partial charge on any atom is -0.319 e. The lowest BCUT2D eigenvalue weighted by atomic mass is 10.00. The molecule has 0 amide bonds. The molecule has 2 rings (SSSR count). The van der Waals surface area contributed by atoms with Crippen LogP contribution in [0.4, 0.5) is 5.69 Å². The van der Waals surface area contributed by atoms with E-state index >= 15 is 0 Å².